The molecule has 0 aliphatic rings. The Labute approximate surface area is 165 Å². The first-order valence-corrected chi connectivity index (χ1v) is 9.83. The lowest BCUT2D eigenvalue weighted by atomic mass is 10.2. The number of nitrogens with zero attached hydrogens (tertiary/aromatic N) is 4. The molecule has 0 unspecified atom stereocenters. The van der Waals surface area contributed by atoms with Gasteiger partial charge in [0, 0.05) is 31.3 Å². The summed E-state index contributed by atoms with van der Waals surface area (Å²) < 4.78 is 7.71. The molecule has 0 amide bonds. The largest absolute Gasteiger partial charge is 0.494 e. The number of aryl methyl sites for hydroxylation is 1. The molecule has 0 aliphatic heterocycles. The molecule has 0 fully saturated rings. The topological polar surface area (TPSA) is 75.8 Å². The summed E-state index contributed by atoms with van der Waals surface area (Å²) in [6.07, 6.45) is 3.79. The molecule has 0 saturated carbocycles. The molecular weight excluding hydrogens is 352 g/mol. The van der Waals surface area contributed by atoms with E-state index in [0.717, 1.165) is 54.7 Å². The Balaban J connectivity index is 1.53. The molecule has 0 bridgehead atoms. The summed E-state index contributed by atoms with van der Waals surface area (Å²) in [5.74, 6) is 2.67. The van der Waals surface area contributed by atoms with E-state index in [1.165, 1.54) is 0 Å². The van der Waals surface area contributed by atoms with Crippen LogP contribution >= 0.6 is 0 Å². The number of fused-ring (bicyclic) bond motifs is 1. The van der Waals surface area contributed by atoms with Crippen molar-refractivity contribution >= 4 is 11.6 Å². The number of hydrogen-bond acceptors (Lipinski definition) is 4. The van der Waals surface area contributed by atoms with E-state index in [1.807, 2.05) is 53.9 Å². The van der Waals surface area contributed by atoms with Crippen molar-refractivity contribution in [3.8, 4) is 5.75 Å². The number of rotatable bonds is 9. The second-order valence-electron chi connectivity index (χ2n) is 6.31. The Hall–Kier alpha value is -3.09. The van der Waals surface area contributed by atoms with Gasteiger partial charge in [-0.1, -0.05) is 24.3 Å². The Kier molecular flexibility index (Phi) is 7.23. The van der Waals surface area contributed by atoms with Crippen LogP contribution in [0, 0.1) is 0 Å². The fourth-order valence-corrected chi connectivity index (χ4v) is 2.95. The highest BCUT2D eigenvalue weighted by atomic mass is 16.5. The van der Waals surface area contributed by atoms with Crippen LogP contribution in [-0.4, -0.2) is 40.3 Å². The third-order valence-corrected chi connectivity index (χ3v) is 4.28. The quantitative estimate of drug-likeness (QED) is 0.339. The van der Waals surface area contributed by atoms with Crippen molar-refractivity contribution in [1.29, 1.82) is 0 Å². The minimum atomic E-state index is 0.570. The second-order valence-corrected chi connectivity index (χ2v) is 6.31. The molecule has 0 atom stereocenters. The van der Waals surface area contributed by atoms with Crippen LogP contribution in [0.15, 0.2) is 53.7 Å². The highest BCUT2D eigenvalue weighted by molar-refractivity contribution is 5.79. The van der Waals surface area contributed by atoms with Gasteiger partial charge in [0.05, 0.1) is 13.2 Å². The van der Waals surface area contributed by atoms with E-state index >= 15 is 0 Å². The van der Waals surface area contributed by atoms with E-state index in [9.17, 15) is 0 Å². The van der Waals surface area contributed by atoms with E-state index in [-0.39, 0.29) is 0 Å². The average Bonchev–Trinajstić information content (AvgIpc) is 3.13. The first kappa shape index (κ1) is 19.7. The van der Waals surface area contributed by atoms with Crippen LogP contribution in [0.25, 0.3) is 5.65 Å². The zero-order valence-corrected chi connectivity index (χ0v) is 16.6. The van der Waals surface area contributed by atoms with Crippen molar-refractivity contribution < 1.29 is 4.74 Å². The van der Waals surface area contributed by atoms with E-state index in [4.69, 9.17) is 9.73 Å². The summed E-state index contributed by atoms with van der Waals surface area (Å²) in [5, 5.41) is 15.2. The fraction of sp³-hybridized carbons (Fsp3) is 0.381. The lowest BCUT2D eigenvalue weighted by Crippen LogP contribution is -2.37. The van der Waals surface area contributed by atoms with Crippen LogP contribution in [0.2, 0.25) is 0 Å². The van der Waals surface area contributed by atoms with Crippen LogP contribution in [0.4, 0.5) is 0 Å². The molecule has 7 heteroatoms. The molecule has 2 aromatic heterocycles. The summed E-state index contributed by atoms with van der Waals surface area (Å²) in [5.41, 5.74) is 1.96. The number of nitrogens with one attached hydrogen (secondary N) is 2. The normalized spacial score (nSPS) is 11.6. The van der Waals surface area contributed by atoms with Crippen molar-refractivity contribution in [2.24, 2.45) is 4.99 Å². The zero-order chi connectivity index (χ0) is 19.6. The molecular formula is C21H28N6O. The minimum Gasteiger partial charge on any atom is -0.494 e. The summed E-state index contributed by atoms with van der Waals surface area (Å²) in [6, 6.07) is 14.0. The zero-order valence-electron chi connectivity index (χ0n) is 16.6. The Morgan fingerprint density at radius 1 is 1.07 bits per heavy atom. The van der Waals surface area contributed by atoms with Gasteiger partial charge in [-0.15, -0.1) is 10.2 Å². The lowest BCUT2D eigenvalue weighted by Gasteiger charge is -2.12. The molecule has 7 nitrogen and oxygen atoms in total. The lowest BCUT2D eigenvalue weighted by molar-refractivity contribution is 0.336. The van der Waals surface area contributed by atoms with E-state index in [1.54, 1.807) is 0 Å². The number of benzene rings is 1. The maximum absolute atomic E-state index is 5.68. The number of para-hydroxylation sites is 1. The molecule has 148 valence electrons. The van der Waals surface area contributed by atoms with Crippen molar-refractivity contribution in [2.75, 3.05) is 19.7 Å². The average molecular weight is 380 g/mol. The van der Waals surface area contributed by atoms with Gasteiger partial charge in [0.2, 0.25) is 0 Å². The van der Waals surface area contributed by atoms with Crippen molar-refractivity contribution in [3.63, 3.8) is 0 Å². The van der Waals surface area contributed by atoms with Gasteiger partial charge in [-0.25, -0.2) is 4.99 Å². The maximum Gasteiger partial charge on any atom is 0.191 e. The number of hydrogen-bond donors (Lipinski definition) is 2. The van der Waals surface area contributed by atoms with Crippen LogP contribution in [-0.2, 0) is 13.0 Å². The van der Waals surface area contributed by atoms with Crippen LogP contribution in [0.3, 0.4) is 0 Å². The second kappa shape index (κ2) is 10.3. The molecule has 2 heterocycles. The van der Waals surface area contributed by atoms with Gasteiger partial charge in [0.15, 0.2) is 11.6 Å². The third kappa shape index (κ3) is 5.22. The van der Waals surface area contributed by atoms with Gasteiger partial charge in [-0.2, -0.15) is 0 Å². The first-order valence-electron chi connectivity index (χ1n) is 9.83. The van der Waals surface area contributed by atoms with E-state index in [0.29, 0.717) is 13.2 Å². The summed E-state index contributed by atoms with van der Waals surface area (Å²) >= 11 is 0. The van der Waals surface area contributed by atoms with Gasteiger partial charge in [-0.3, -0.25) is 4.40 Å². The number of ether oxygens (including phenoxy) is 1. The van der Waals surface area contributed by atoms with E-state index in [2.05, 4.69) is 33.8 Å². The monoisotopic (exact) mass is 380 g/mol. The Bertz CT molecular complexity index is 905. The smallest absolute Gasteiger partial charge is 0.191 e. The Morgan fingerprint density at radius 3 is 2.79 bits per heavy atom. The van der Waals surface area contributed by atoms with Gasteiger partial charge in [-0.05, 0) is 38.5 Å². The van der Waals surface area contributed by atoms with Crippen LogP contribution < -0.4 is 15.4 Å². The molecule has 1 aromatic carbocycles. The molecule has 3 rings (SSSR count). The number of aliphatic imine (C=N–C) groups is 1. The molecule has 0 saturated heterocycles. The summed E-state index contributed by atoms with van der Waals surface area (Å²) in [4.78, 5) is 4.69. The number of pyridine rings is 1. The van der Waals surface area contributed by atoms with Crippen LogP contribution in [0.5, 0.6) is 5.75 Å². The highest BCUT2D eigenvalue weighted by Gasteiger charge is 2.05. The maximum atomic E-state index is 5.68. The molecule has 0 spiro atoms. The predicted octanol–water partition coefficient (Wildman–Crippen LogP) is 2.82. The molecule has 28 heavy (non-hydrogen) atoms. The SMILES string of the molecule is CCNC(=NCc1ccccc1OCC)NCCCc1nnc2ccccn12. The number of aromatic nitrogens is 3. The predicted molar refractivity (Wildman–Crippen MR) is 112 cm³/mol. The first-order chi connectivity index (χ1) is 13.8. The molecule has 3 aromatic rings. The van der Waals surface area contributed by atoms with Gasteiger partial charge < -0.3 is 15.4 Å². The van der Waals surface area contributed by atoms with Crippen molar-refractivity contribution in [3.05, 3.63) is 60.0 Å². The van der Waals surface area contributed by atoms with Gasteiger partial charge in [0.25, 0.3) is 0 Å². The third-order valence-electron chi connectivity index (χ3n) is 4.28. The van der Waals surface area contributed by atoms with E-state index < -0.39 is 0 Å². The van der Waals surface area contributed by atoms with Gasteiger partial charge >= 0.3 is 0 Å². The standard InChI is InChI=1S/C21H28N6O/c1-3-22-21(24-16-17-10-5-6-11-18(17)28-4-2)23-14-9-13-20-26-25-19-12-7-8-15-27(19)20/h5-8,10-12,15H,3-4,9,13-14,16H2,1-2H3,(H2,22,23,24). The van der Waals surface area contributed by atoms with Gasteiger partial charge in [0.1, 0.15) is 11.6 Å². The molecule has 2 N–H and O–H groups in total. The number of guanidine groups is 1. The minimum absolute atomic E-state index is 0.570. The van der Waals surface area contributed by atoms with Crippen LogP contribution in [0.1, 0.15) is 31.7 Å². The van der Waals surface area contributed by atoms with Crippen molar-refractivity contribution in [1.82, 2.24) is 25.2 Å². The summed E-state index contributed by atoms with van der Waals surface area (Å²) in [6.45, 7) is 6.89. The summed E-state index contributed by atoms with van der Waals surface area (Å²) in [7, 11) is 0. The highest BCUT2D eigenvalue weighted by Crippen LogP contribution is 2.18. The Morgan fingerprint density at radius 2 is 1.93 bits per heavy atom. The molecule has 0 aliphatic carbocycles. The van der Waals surface area contributed by atoms with Crippen molar-refractivity contribution in [2.45, 2.75) is 33.2 Å². The molecule has 0 radical (unpaired) electrons. The fourth-order valence-electron chi connectivity index (χ4n) is 2.95.